The van der Waals surface area contributed by atoms with E-state index < -0.39 is 53.4 Å². The Bertz CT molecular complexity index is 873. The van der Waals surface area contributed by atoms with Gasteiger partial charge in [-0.25, -0.2) is 4.79 Å². The summed E-state index contributed by atoms with van der Waals surface area (Å²) in [7, 11) is 0. The van der Waals surface area contributed by atoms with Crippen LogP contribution < -0.4 is 0 Å². The van der Waals surface area contributed by atoms with Gasteiger partial charge in [0.2, 0.25) is 0 Å². The highest BCUT2D eigenvalue weighted by Gasteiger charge is 2.63. The lowest BCUT2D eigenvalue weighted by Gasteiger charge is -2.33. The number of esters is 4. The monoisotopic (exact) mass is 438 g/mol. The maximum atomic E-state index is 13.0. The van der Waals surface area contributed by atoms with Crippen LogP contribution in [0.25, 0.3) is 0 Å². The van der Waals surface area contributed by atoms with Gasteiger partial charge in [-0.05, 0) is 20.3 Å². The lowest BCUT2D eigenvalue weighted by atomic mass is 9.80. The minimum Gasteiger partial charge on any atom is -0.461 e. The van der Waals surface area contributed by atoms with Crippen LogP contribution in [0.4, 0.5) is 0 Å². The lowest BCUT2D eigenvalue weighted by Crippen LogP contribution is -2.46. The number of hydrogen-bond donors (Lipinski definition) is 0. The van der Waals surface area contributed by atoms with E-state index in [4.69, 9.17) is 23.7 Å². The standard InChI is InChI=1S/C21H26O10/c1-10(22)27-9-13-16-14(28-11(2)23)8-21(5,30-12(3)24)15(25)6-7-20(4)18(31-20)17(16)29-19(13)26/h14,17-18H,6-9H2,1-5H3/t14-,17-,18-,20+,21+/m0/s1. The summed E-state index contributed by atoms with van der Waals surface area (Å²) in [4.78, 5) is 60.6. The average molecular weight is 438 g/mol. The molecule has 0 unspecified atom stereocenters. The molecule has 2 aliphatic heterocycles. The topological polar surface area (TPSA) is 135 Å². The molecule has 2 fully saturated rings. The second-order valence-electron chi connectivity index (χ2n) is 8.44. The van der Waals surface area contributed by atoms with Crippen LogP contribution in [0.1, 0.15) is 53.9 Å². The predicted molar refractivity (Wildman–Crippen MR) is 101 cm³/mol. The van der Waals surface area contributed by atoms with Crippen molar-refractivity contribution in [1.29, 1.82) is 0 Å². The summed E-state index contributed by atoms with van der Waals surface area (Å²) in [6, 6.07) is 0. The van der Waals surface area contributed by atoms with Gasteiger partial charge in [-0.1, -0.05) is 0 Å². The number of ketones is 1. The summed E-state index contributed by atoms with van der Waals surface area (Å²) in [5.74, 6) is -3.04. The van der Waals surface area contributed by atoms with Crippen LogP contribution in [-0.4, -0.2) is 65.8 Å². The first-order valence-electron chi connectivity index (χ1n) is 10.0. The molecular weight excluding hydrogens is 412 g/mol. The van der Waals surface area contributed by atoms with Crippen LogP contribution in [0.15, 0.2) is 11.1 Å². The number of fused-ring (bicyclic) bond motifs is 3. The van der Waals surface area contributed by atoms with E-state index in [1.165, 1.54) is 27.7 Å². The quantitative estimate of drug-likeness (QED) is 0.354. The van der Waals surface area contributed by atoms with Gasteiger partial charge >= 0.3 is 23.9 Å². The van der Waals surface area contributed by atoms with Gasteiger partial charge in [0, 0.05) is 39.2 Å². The lowest BCUT2D eigenvalue weighted by molar-refractivity contribution is -0.169. The van der Waals surface area contributed by atoms with Crippen molar-refractivity contribution in [3.8, 4) is 0 Å². The Morgan fingerprint density at radius 2 is 1.74 bits per heavy atom. The zero-order valence-corrected chi connectivity index (χ0v) is 18.1. The van der Waals surface area contributed by atoms with Gasteiger partial charge < -0.3 is 23.7 Å². The molecule has 3 rings (SSSR count). The molecule has 0 aromatic heterocycles. The molecule has 5 atom stereocenters. The number of epoxide rings is 1. The summed E-state index contributed by atoms with van der Waals surface area (Å²) >= 11 is 0. The van der Waals surface area contributed by atoms with Gasteiger partial charge in [0.15, 0.2) is 17.5 Å². The van der Waals surface area contributed by atoms with Crippen LogP contribution in [0, 0.1) is 0 Å². The molecule has 10 heteroatoms. The fourth-order valence-corrected chi connectivity index (χ4v) is 4.22. The molecule has 0 bridgehead atoms. The molecule has 3 aliphatic rings. The average Bonchev–Trinajstić information content (AvgIpc) is 3.19. The SMILES string of the molecule is CC(=O)OCC1=C2[C@@H](OC(C)=O)C[C@@](C)(OC(C)=O)C(=O)CC[C@@]3(C)O[C@H]3[C@H]2OC1=O. The molecule has 31 heavy (non-hydrogen) atoms. The predicted octanol–water partition coefficient (Wildman–Crippen LogP) is 0.935. The third-order valence-corrected chi connectivity index (χ3v) is 5.81. The molecule has 2 heterocycles. The van der Waals surface area contributed by atoms with E-state index in [-0.39, 0.29) is 36.4 Å². The highest BCUT2D eigenvalue weighted by Crippen LogP contribution is 2.50. The molecular formula is C21H26O10. The van der Waals surface area contributed by atoms with E-state index in [9.17, 15) is 24.0 Å². The zero-order valence-electron chi connectivity index (χ0n) is 18.1. The first kappa shape index (κ1) is 22.9. The molecule has 1 saturated carbocycles. The van der Waals surface area contributed by atoms with Crippen LogP contribution >= 0.6 is 0 Å². The molecule has 1 saturated heterocycles. The van der Waals surface area contributed by atoms with Gasteiger partial charge in [0.05, 0.1) is 11.2 Å². The Hall–Kier alpha value is -2.75. The van der Waals surface area contributed by atoms with E-state index in [1.807, 2.05) is 0 Å². The van der Waals surface area contributed by atoms with Crippen LogP contribution in [0.5, 0.6) is 0 Å². The smallest absolute Gasteiger partial charge is 0.338 e. The van der Waals surface area contributed by atoms with Crippen molar-refractivity contribution in [2.45, 2.75) is 83.4 Å². The summed E-state index contributed by atoms with van der Waals surface area (Å²) in [6.07, 6.45) is -2.41. The van der Waals surface area contributed by atoms with Crippen molar-refractivity contribution in [2.24, 2.45) is 0 Å². The van der Waals surface area contributed by atoms with Crippen molar-refractivity contribution >= 4 is 29.7 Å². The molecule has 1 aliphatic carbocycles. The molecule has 10 nitrogen and oxygen atoms in total. The highest BCUT2D eigenvalue weighted by atomic mass is 16.7. The van der Waals surface area contributed by atoms with Crippen molar-refractivity contribution in [2.75, 3.05) is 6.61 Å². The van der Waals surface area contributed by atoms with E-state index in [2.05, 4.69) is 0 Å². The Morgan fingerprint density at radius 3 is 2.32 bits per heavy atom. The Kier molecular flexibility index (Phi) is 5.96. The van der Waals surface area contributed by atoms with E-state index in [0.717, 1.165) is 0 Å². The van der Waals surface area contributed by atoms with Crippen LogP contribution in [-0.2, 0) is 47.7 Å². The summed E-state index contributed by atoms with van der Waals surface area (Å²) < 4.78 is 27.2. The largest absolute Gasteiger partial charge is 0.461 e. The normalized spacial score (nSPS) is 34.8. The van der Waals surface area contributed by atoms with Gasteiger partial charge in [-0.2, -0.15) is 0 Å². The fourth-order valence-electron chi connectivity index (χ4n) is 4.22. The number of Topliss-reactive ketones (excluding diaryl/α,β-unsaturated/α-hetero) is 1. The van der Waals surface area contributed by atoms with E-state index in [1.54, 1.807) is 6.92 Å². The van der Waals surface area contributed by atoms with Gasteiger partial charge in [0.1, 0.15) is 18.8 Å². The van der Waals surface area contributed by atoms with Gasteiger partial charge in [-0.3, -0.25) is 19.2 Å². The fraction of sp³-hybridized carbons (Fsp3) is 0.667. The van der Waals surface area contributed by atoms with E-state index in [0.29, 0.717) is 6.42 Å². The number of carbonyl (C=O) groups is 5. The zero-order chi connectivity index (χ0) is 23.1. The molecule has 170 valence electrons. The molecule has 0 amide bonds. The Balaban J connectivity index is 2.12. The number of ether oxygens (including phenoxy) is 5. The number of carbonyl (C=O) groups excluding carboxylic acids is 5. The minimum atomic E-state index is -1.61. The molecule has 0 N–H and O–H groups in total. The molecule has 0 spiro atoms. The number of hydrogen-bond acceptors (Lipinski definition) is 10. The minimum absolute atomic E-state index is 0.0162. The van der Waals surface area contributed by atoms with Gasteiger partial charge in [0.25, 0.3) is 0 Å². The van der Waals surface area contributed by atoms with Crippen molar-refractivity contribution < 1.29 is 47.7 Å². The van der Waals surface area contributed by atoms with Crippen molar-refractivity contribution in [3.05, 3.63) is 11.1 Å². The van der Waals surface area contributed by atoms with Crippen LogP contribution in [0.2, 0.25) is 0 Å². The van der Waals surface area contributed by atoms with Crippen molar-refractivity contribution in [3.63, 3.8) is 0 Å². The first-order chi connectivity index (χ1) is 14.4. The second-order valence-corrected chi connectivity index (χ2v) is 8.44. The third kappa shape index (κ3) is 4.63. The summed E-state index contributed by atoms with van der Waals surface area (Å²) in [6.45, 7) is 6.39. The van der Waals surface area contributed by atoms with Crippen molar-refractivity contribution in [1.82, 2.24) is 0 Å². The number of rotatable bonds is 4. The maximum Gasteiger partial charge on any atom is 0.338 e. The summed E-state index contributed by atoms with van der Waals surface area (Å²) in [5, 5.41) is 0. The third-order valence-electron chi connectivity index (χ3n) is 5.81. The molecule has 0 radical (unpaired) electrons. The summed E-state index contributed by atoms with van der Waals surface area (Å²) in [5.41, 5.74) is -2.09. The van der Waals surface area contributed by atoms with Gasteiger partial charge in [-0.15, -0.1) is 0 Å². The Morgan fingerprint density at radius 1 is 1.06 bits per heavy atom. The van der Waals surface area contributed by atoms with Crippen LogP contribution in [0.3, 0.4) is 0 Å². The second kappa shape index (κ2) is 8.07. The maximum absolute atomic E-state index is 13.0. The first-order valence-corrected chi connectivity index (χ1v) is 10.0. The molecule has 0 aromatic carbocycles. The highest BCUT2D eigenvalue weighted by molar-refractivity contribution is 5.94. The Labute approximate surface area is 179 Å². The molecule has 0 aromatic rings. The van der Waals surface area contributed by atoms with E-state index >= 15 is 0 Å².